The number of furan rings is 1. The Morgan fingerprint density at radius 1 is 0.625 bits per heavy atom. The van der Waals surface area contributed by atoms with Crippen LogP contribution in [-0.4, -0.2) is 30.2 Å². The van der Waals surface area contributed by atoms with E-state index in [1.807, 2.05) is 59.2 Å². The van der Waals surface area contributed by atoms with Crippen molar-refractivity contribution in [3.8, 4) is 17.1 Å². The van der Waals surface area contributed by atoms with Gasteiger partial charge >= 0.3 is 0 Å². The predicted octanol–water partition coefficient (Wildman–Crippen LogP) is 5.33. The van der Waals surface area contributed by atoms with Crippen molar-refractivity contribution in [2.24, 2.45) is 0 Å². The fourth-order valence-corrected chi connectivity index (χ4v) is 4.39. The molecule has 7 aromatic rings. The standard InChI is InChI=1S/C25H14N6O/c1-2-8-16(9-3-1)31-24(26-23-25(31)28-30-29-27-23)20-12-6-11-18-19-14-13-15-7-4-5-10-17(15)21(19)32-22(18)20/h1-14H. The van der Waals surface area contributed by atoms with Crippen LogP contribution in [0, 0.1) is 0 Å². The number of hydrogen-bond acceptors (Lipinski definition) is 6. The molecular formula is C25H14N6O. The molecule has 7 heteroatoms. The lowest BCUT2D eigenvalue weighted by molar-refractivity contribution is 0.673. The largest absolute Gasteiger partial charge is 0.455 e. The molecule has 3 heterocycles. The third-order valence-corrected chi connectivity index (χ3v) is 5.80. The quantitative estimate of drug-likeness (QED) is 0.380. The average Bonchev–Trinajstić information content (AvgIpc) is 3.43. The summed E-state index contributed by atoms with van der Waals surface area (Å²) in [5, 5.41) is 20.1. The molecule has 0 N–H and O–H groups in total. The molecule has 0 aliphatic rings. The van der Waals surface area contributed by atoms with Crippen LogP contribution in [0.5, 0.6) is 0 Å². The Morgan fingerprint density at radius 2 is 1.41 bits per heavy atom. The normalized spacial score (nSPS) is 11.8. The number of hydrogen-bond donors (Lipinski definition) is 0. The van der Waals surface area contributed by atoms with Crippen LogP contribution in [0.4, 0.5) is 0 Å². The van der Waals surface area contributed by atoms with Crippen molar-refractivity contribution in [2.45, 2.75) is 0 Å². The van der Waals surface area contributed by atoms with Gasteiger partial charge in [0, 0.05) is 21.8 Å². The first-order valence-electron chi connectivity index (χ1n) is 10.2. The average molecular weight is 414 g/mol. The van der Waals surface area contributed by atoms with E-state index in [0.29, 0.717) is 17.1 Å². The summed E-state index contributed by atoms with van der Waals surface area (Å²) in [7, 11) is 0. The van der Waals surface area contributed by atoms with Crippen LogP contribution in [0.3, 0.4) is 0 Å². The second-order valence-electron chi connectivity index (χ2n) is 7.58. The van der Waals surface area contributed by atoms with Gasteiger partial charge in [-0.3, -0.25) is 4.57 Å². The highest BCUT2D eigenvalue weighted by Gasteiger charge is 2.21. The predicted molar refractivity (Wildman–Crippen MR) is 122 cm³/mol. The summed E-state index contributed by atoms with van der Waals surface area (Å²) in [5.74, 6) is 0.676. The third-order valence-electron chi connectivity index (χ3n) is 5.80. The van der Waals surface area contributed by atoms with E-state index < -0.39 is 0 Å². The number of imidazole rings is 1. The van der Waals surface area contributed by atoms with Gasteiger partial charge in [0.15, 0.2) is 5.82 Å². The lowest BCUT2D eigenvalue weighted by atomic mass is 10.0. The summed E-state index contributed by atoms with van der Waals surface area (Å²) < 4.78 is 8.45. The lowest BCUT2D eigenvalue weighted by Gasteiger charge is -2.08. The van der Waals surface area contributed by atoms with Crippen molar-refractivity contribution in [3.63, 3.8) is 0 Å². The van der Waals surface area contributed by atoms with E-state index in [9.17, 15) is 0 Å². The van der Waals surface area contributed by atoms with Gasteiger partial charge in [0.2, 0.25) is 11.3 Å². The molecule has 0 aliphatic heterocycles. The van der Waals surface area contributed by atoms with E-state index in [2.05, 4.69) is 51.0 Å². The van der Waals surface area contributed by atoms with Crippen LogP contribution in [0.2, 0.25) is 0 Å². The summed E-state index contributed by atoms with van der Waals surface area (Å²) in [6.07, 6.45) is 0. The van der Waals surface area contributed by atoms with Crippen LogP contribution >= 0.6 is 0 Å². The molecule has 0 bridgehead atoms. The first-order chi connectivity index (χ1) is 15.9. The topological polar surface area (TPSA) is 82.5 Å². The second-order valence-corrected chi connectivity index (χ2v) is 7.58. The van der Waals surface area contributed by atoms with E-state index in [1.165, 1.54) is 0 Å². The van der Waals surface area contributed by atoms with Crippen molar-refractivity contribution in [3.05, 3.63) is 84.9 Å². The van der Waals surface area contributed by atoms with Gasteiger partial charge in [-0.05, 0) is 40.1 Å². The minimum Gasteiger partial charge on any atom is -0.455 e. The molecule has 7 nitrogen and oxygen atoms in total. The Balaban J connectivity index is 1.61. The van der Waals surface area contributed by atoms with Gasteiger partial charge in [-0.2, -0.15) is 0 Å². The van der Waals surface area contributed by atoms with Gasteiger partial charge in [0.25, 0.3) is 0 Å². The second kappa shape index (κ2) is 6.42. The zero-order chi connectivity index (χ0) is 21.1. The van der Waals surface area contributed by atoms with Crippen LogP contribution in [0.15, 0.2) is 89.3 Å². The number of nitrogens with zero attached hydrogens (tertiary/aromatic N) is 6. The van der Waals surface area contributed by atoms with E-state index in [0.717, 1.165) is 44.0 Å². The van der Waals surface area contributed by atoms with E-state index in [4.69, 9.17) is 9.40 Å². The highest BCUT2D eigenvalue weighted by atomic mass is 16.3. The minimum absolute atomic E-state index is 0.428. The molecule has 0 unspecified atom stereocenters. The molecule has 32 heavy (non-hydrogen) atoms. The first kappa shape index (κ1) is 17.1. The van der Waals surface area contributed by atoms with E-state index in [1.54, 1.807) is 0 Å². The fourth-order valence-electron chi connectivity index (χ4n) is 4.39. The number of fused-ring (bicyclic) bond motifs is 6. The van der Waals surface area contributed by atoms with Gasteiger partial charge in [-0.25, -0.2) is 4.98 Å². The Hall–Kier alpha value is -4.65. The SMILES string of the molecule is c1ccc(-n2c(-c3cccc4c3oc3c5ccccc5ccc43)nc3nnnnc32)cc1. The molecule has 0 fully saturated rings. The smallest absolute Gasteiger partial charge is 0.224 e. The summed E-state index contributed by atoms with van der Waals surface area (Å²) in [6, 6.07) is 28.5. The van der Waals surface area contributed by atoms with E-state index >= 15 is 0 Å². The number of benzene rings is 4. The lowest BCUT2D eigenvalue weighted by Crippen LogP contribution is -2.00. The zero-order valence-electron chi connectivity index (χ0n) is 16.7. The maximum absolute atomic E-state index is 6.51. The van der Waals surface area contributed by atoms with Gasteiger partial charge in [0.05, 0.1) is 5.56 Å². The van der Waals surface area contributed by atoms with Gasteiger partial charge < -0.3 is 4.42 Å². The van der Waals surface area contributed by atoms with Crippen molar-refractivity contribution in [1.29, 1.82) is 0 Å². The molecule has 0 saturated heterocycles. The molecule has 150 valence electrons. The maximum Gasteiger partial charge on any atom is 0.224 e. The maximum atomic E-state index is 6.51. The van der Waals surface area contributed by atoms with Crippen molar-refractivity contribution in [1.82, 2.24) is 30.2 Å². The molecular weight excluding hydrogens is 400 g/mol. The van der Waals surface area contributed by atoms with Crippen molar-refractivity contribution >= 4 is 44.0 Å². The zero-order valence-corrected chi connectivity index (χ0v) is 16.7. The summed E-state index contributed by atoms with van der Waals surface area (Å²) in [4.78, 5) is 4.77. The Bertz CT molecular complexity index is 1790. The molecule has 0 aliphatic carbocycles. The molecule has 0 saturated carbocycles. The Morgan fingerprint density at radius 3 is 2.34 bits per heavy atom. The van der Waals surface area contributed by atoms with Gasteiger partial charge in [-0.15, -0.1) is 10.2 Å². The highest BCUT2D eigenvalue weighted by molar-refractivity contribution is 6.17. The van der Waals surface area contributed by atoms with Gasteiger partial charge in [-0.1, -0.05) is 60.7 Å². The summed E-state index contributed by atoms with van der Waals surface area (Å²) in [6.45, 7) is 0. The third kappa shape index (κ3) is 2.33. The highest BCUT2D eigenvalue weighted by Crippen LogP contribution is 2.39. The number of para-hydroxylation sites is 2. The minimum atomic E-state index is 0.428. The fraction of sp³-hybridized carbons (Fsp3) is 0. The summed E-state index contributed by atoms with van der Waals surface area (Å²) >= 11 is 0. The molecule has 3 aromatic heterocycles. The number of rotatable bonds is 2. The first-order valence-corrected chi connectivity index (χ1v) is 10.2. The van der Waals surface area contributed by atoms with Crippen LogP contribution in [0.25, 0.3) is 61.1 Å². The monoisotopic (exact) mass is 414 g/mol. The molecule has 4 aromatic carbocycles. The Labute approximate surface area is 180 Å². The molecule has 0 radical (unpaired) electrons. The van der Waals surface area contributed by atoms with Crippen molar-refractivity contribution < 1.29 is 4.42 Å². The molecule has 0 amide bonds. The molecule has 7 rings (SSSR count). The van der Waals surface area contributed by atoms with Crippen LogP contribution in [0.1, 0.15) is 0 Å². The van der Waals surface area contributed by atoms with Gasteiger partial charge in [0.1, 0.15) is 11.2 Å². The summed E-state index contributed by atoms with van der Waals surface area (Å²) in [5.41, 5.74) is 4.37. The number of aromatic nitrogens is 6. The Kier molecular flexibility index (Phi) is 3.43. The van der Waals surface area contributed by atoms with Crippen molar-refractivity contribution in [2.75, 3.05) is 0 Å². The van der Waals surface area contributed by atoms with E-state index in [-0.39, 0.29) is 0 Å². The molecule has 0 atom stereocenters. The van der Waals surface area contributed by atoms with Crippen LogP contribution < -0.4 is 0 Å². The van der Waals surface area contributed by atoms with Crippen LogP contribution in [-0.2, 0) is 0 Å². The molecule has 0 spiro atoms.